The molecule has 0 unspecified atom stereocenters. The lowest BCUT2D eigenvalue weighted by Crippen LogP contribution is -2.14. The molecule has 0 atom stereocenters. The van der Waals surface area contributed by atoms with Gasteiger partial charge in [0.2, 0.25) is 12.7 Å². The van der Waals surface area contributed by atoms with Crippen molar-refractivity contribution in [2.24, 2.45) is 0 Å². The molecule has 0 spiro atoms. The van der Waals surface area contributed by atoms with Crippen LogP contribution in [0.3, 0.4) is 0 Å². The van der Waals surface area contributed by atoms with Crippen LogP contribution in [0.4, 0.5) is 17.3 Å². The summed E-state index contributed by atoms with van der Waals surface area (Å²) in [4.78, 5) is 25.1. The van der Waals surface area contributed by atoms with Crippen LogP contribution in [0.25, 0.3) is 0 Å². The number of nitrogens with one attached hydrogen (secondary N) is 2. The number of amides is 1. The zero-order valence-electron chi connectivity index (χ0n) is 17.4. The van der Waals surface area contributed by atoms with Gasteiger partial charge in [-0.2, -0.15) is 0 Å². The van der Waals surface area contributed by atoms with Crippen LogP contribution in [0.2, 0.25) is 0 Å². The summed E-state index contributed by atoms with van der Waals surface area (Å²) in [5, 5.41) is 5.88. The second-order valence-corrected chi connectivity index (χ2v) is 7.05. The molecule has 5 rings (SSSR count). The van der Waals surface area contributed by atoms with Crippen LogP contribution in [0.5, 0.6) is 17.2 Å². The molecule has 2 N–H and O–H groups in total. The Kier molecular flexibility index (Phi) is 5.66. The normalized spacial score (nSPS) is 11.6. The summed E-state index contributed by atoms with van der Waals surface area (Å²) in [6.45, 7) is 0.510. The Morgan fingerprint density at radius 2 is 1.85 bits per heavy atom. The number of nitrogens with zero attached hydrogens (tertiary/aromatic N) is 3. The first-order valence-electron chi connectivity index (χ1n) is 10.2. The molecule has 3 heterocycles. The summed E-state index contributed by atoms with van der Waals surface area (Å²) in [5.41, 5.74) is 2.46. The van der Waals surface area contributed by atoms with Crippen molar-refractivity contribution in [3.05, 3.63) is 90.5 Å². The topological polar surface area (TPSA) is 107 Å². The van der Waals surface area contributed by atoms with Crippen molar-refractivity contribution >= 4 is 23.2 Å². The van der Waals surface area contributed by atoms with Crippen LogP contribution >= 0.6 is 0 Å². The molecule has 1 aliphatic rings. The molecule has 0 saturated heterocycles. The molecule has 9 nitrogen and oxygen atoms in total. The highest BCUT2D eigenvalue weighted by Crippen LogP contribution is 2.35. The molecule has 1 aliphatic heterocycles. The molecule has 1 amide bonds. The number of anilines is 3. The Morgan fingerprint density at radius 3 is 2.76 bits per heavy atom. The van der Waals surface area contributed by atoms with Crippen LogP contribution < -0.4 is 24.8 Å². The summed E-state index contributed by atoms with van der Waals surface area (Å²) < 4.78 is 16.8. The third-order valence-electron chi connectivity index (χ3n) is 4.79. The maximum atomic E-state index is 12.7. The van der Waals surface area contributed by atoms with Gasteiger partial charge in [0, 0.05) is 41.6 Å². The molecular weight excluding hydrogens is 422 g/mol. The fraction of sp³-hybridized carbons (Fsp3) is 0.0833. The van der Waals surface area contributed by atoms with Crippen molar-refractivity contribution < 1.29 is 19.0 Å². The number of rotatable bonds is 7. The van der Waals surface area contributed by atoms with Gasteiger partial charge in [-0.1, -0.05) is 18.2 Å². The van der Waals surface area contributed by atoms with Gasteiger partial charge in [-0.05, 0) is 36.4 Å². The largest absolute Gasteiger partial charge is 0.489 e. The van der Waals surface area contributed by atoms with Crippen molar-refractivity contribution in [2.45, 2.75) is 6.61 Å². The minimum absolute atomic E-state index is 0.205. The molecule has 0 fully saturated rings. The van der Waals surface area contributed by atoms with E-state index in [0.717, 1.165) is 11.3 Å². The van der Waals surface area contributed by atoms with Crippen molar-refractivity contribution in [3.63, 3.8) is 0 Å². The number of ether oxygens (including phenoxy) is 3. The molecule has 2 aromatic heterocycles. The van der Waals surface area contributed by atoms with Gasteiger partial charge in [0.15, 0.2) is 11.5 Å². The lowest BCUT2D eigenvalue weighted by molar-refractivity contribution is 0.102. The molecule has 0 bridgehead atoms. The summed E-state index contributed by atoms with van der Waals surface area (Å²) >= 11 is 0. The lowest BCUT2D eigenvalue weighted by atomic mass is 10.2. The number of para-hydroxylation sites is 1. The number of hydrogen-bond donors (Lipinski definition) is 2. The van der Waals surface area contributed by atoms with E-state index < -0.39 is 0 Å². The van der Waals surface area contributed by atoms with Crippen molar-refractivity contribution in [1.82, 2.24) is 15.0 Å². The van der Waals surface area contributed by atoms with E-state index in [0.29, 0.717) is 35.5 Å². The Morgan fingerprint density at radius 1 is 0.970 bits per heavy atom. The zero-order chi connectivity index (χ0) is 22.5. The SMILES string of the molecule is O=C(Nc1cccc(OCc2cccc3c2OCO3)c1)c1ccnc(Nc2ccncc2)n1. The lowest BCUT2D eigenvalue weighted by Gasteiger charge is -2.11. The fourth-order valence-corrected chi connectivity index (χ4v) is 3.23. The first kappa shape index (κ1) is 20.3. The molecule has 164 valence electrons. The van der Waals surface area contributed by atoms with E-state index in [-0.39, 0.29) is 18.4 Å². The highest BCUT2D eigenvalue weighted by molar-refractivity contribution is 6.03. The highest BCUT2D eigenvalue weighted by Gasteiger charge is 2.17. The van der Waals surface area contributed by atoms with Gasteiger partial charge in [-0.25, -0.2) is 9.97 Å². The molecule has 0 radical (unpaired) electrons. The van der Waals surface area contributed by atoms with E-state index in [1.165, 1.54) is 6.20 Å². The van der Waals surface area contributed by atoms with Gasteiger partial charge in [-0.3, -0.25) is 9.78 Å². The third kappa shape index (κ3) is 4.82. The minimum Gasteiger partial charge on any atom is -0.489 e. The average molecular weight is 441 g/mol. The molecular formula is C24H19N5O4. The molecule has 2 aromatic carbocycles. The van der Waals surface area contributed by atoms with Gasteiger partial charge >= 0.3 is 0 Å². The maximum absolute atomic E-state index is 12.7. The van der Waals surface area contributed by atoms with Crippen molar-refractivity contribution in [3.8, 4) is 17.2 Å². The van der Waals surface area contributed by atoms with Gasteiger partial charge in [0.25, 0.3) is 5.91 Å². The summed E-state index contributed by atoms with van der Waals surface area (Å²) in [5.74, 6) is 1.96. The second kappa shape index (κ2) is 9.23. The summed E-state index contributed by atoms with van der Waals surface area (Å²) in [6, 6.07) is 17.9. The number of benzene rings is 2. The first-order valence-corrected chi connectivity index (χ1v) is 10.2. The van der Waals surface area contributed by atoms with E-state index in [1.807, 2.05) is 24.3 Å². The number of carbonyl (C=O) groups is 1. The van der Waals surface area contributed by atoms with Gasteiger partial charge < -0.3 is 24.8 Å². The van der Waals surface area contributed by atoms with Gasteiger partial charge in [-0.15, -0.1) is 0 Å². The van der Waals surface area contributed by atoms with Gasteiger partial charge in [0.1, 0.15) is 18.1 Å². The van der Waals surface area contributed by atoms with Gasteiger partial charge in [0.05, 0.1) is 0 Å². The van der Waals surface area contributed by atoms with E-state index in [1.54, 1.807) is 48.8 Å². The van der Waals surface area contributed by atoms with E-state index >= 15 is 0 Å². The van der Waals surface area contributed by atoms with Crippen LogP contribution in [-0.4, -0.2) is 27.7 Å². The highest BCUT2D eigenvalue weighted by atomic mass is 16.7. The first-order chi connectivity index (χ1) is 16.2. The second-order valence-electron chi connectivity index (χ2n) is 7.05. The number of aromatic nitrogens is 3. The Hall–Kier alpha value is -4.66. The number of carbonyl (C=O) groups excluding carboxylic acids is 1. The van der Waals surface area contributed by atoms with E-state index in [2.05, 4.69) is 25.6 Å². The fourth-order valence-electron chi connectivity index (χ4n) is 3.23. The monoisotopic (exact) mass is 441 g/mol. The Balaban J connectivity index is 1.24. The van der Waals surface area contributed by atoms with Crippen LogP contribution in [-0.2, 0) is 6.61 Å². The molecule has 9 heteroatoms. The quantitative estimate of drug-likeness (QED) is 0.440. The predicted molar refractivity (Wildman–Crippen MR) is 121 cm³/mol. The van der Waals surface area contributed by atoms with Crippen LogP contribution in [0.15, 0.2) is 79.3 Å². The van der Waals surface area contributed by atoms with Crippen molar-refractivity contribution in [1.29, 1.82) is 0 Å². The summed E-state index contributed by atoms with van der Waals surface area (Å²) in [7, 11) is 0. The average Bonchev–Trinajstić information content (AvgIpc) is 3.33. The molecule has 4 aromatic rings. The molecule has 0 saturated carbocycles. The van der Waals surface area contributed by atoms with Crippen LogP contribution in [0.1, 0.15) is 16.1 Å². The maximum Gasteiger partial charge on any atom is 0.274 e. The number of fused-ring (bicyclic) bond motifs is 1. The predicted octanol–water partition coefficient (Wildman–Crippen LogP) is 4.18. The third-order valence-corrected chi connectivity index (χ3v) is 4.79. The zero-order valence-corrected chi connectivity index (χ0v) is 17.4. The minimum atomic E-state index is -0.362. The summed E-state index contributed by atoms with van der Waals surface area (Å²) in [6.07, 6.45) is 4.83. The number of pyridine rings is 1. The Bertz CT molecular complexity index is 1280. The standard InChI is InChI=1S/C24H19N5O4/c30-23(20-9-12-26-24(29-20)28-17-7-10-25-11-8-17)27-18-4-2-5-19(13-18)31-14-16-3-1-6-21-22(16)33-15-32-21/h1-13H,14-15H2,(H,27,30)(H,25,26,28,29). The van der Waals surface area contributed by atoms with Crippen molar-refractivity contribution in [2.75, 3.05) is 17.4 Å². The Labute approximate surface area is 189 Å². The van der Waals surface area contributed by atoms with E-state index in [9.17, 15) is 4.79 Å². The van der Waals surface area contributed by atoms with E-state index in [4.69, 9.17) is 14.2 Å². The number of hydrogen-bond acceptors (Lipinski definition) is 8. The van der Waals surface area contributed by atoms with Crippen LogP contribution in [0, 0.1) is 0 Å². The smallest absolute Gasteiger partial charge is 0.274 e. The molecule has 33 heavy (non-hydrogen) atoms. The molecule has 0 aliphatic carbocycles.